The molecule has 4 N–H and O–H groups in total. The van der Waals surface area contributed by atoms with Crippen LogP contribution in [0.2, 0.25) is 0 Å². The fourth-order valence-electron chi connectivity index (χ4n) is 2.93. The summed E-state index contributed by atoms with van der Waals surface area (Å²) in [5.74, 6) is 0.00319. The second kappa shape index (κ2) is 6.76. The molecule has 0 atom stereocenters. The van der Waals surface area contributed by atoms with Crippen LogP contribution >= 0.6 is 0 Å². The SMILES string of the molecule is Cc1cc(N)nc(C)c1Cc1cccc(Cc2cc(C(N)=O)on2)c1. The van der Waals surface area contributed by atoms with E-state index in [1.807, 2.05) is 32.0 Å². The van der Waals surface area contributed by atoms with Gasteiger partial charge < -0.3 is 16.0 Å². The Morgan fingerprint density at radius 3 is 2.48 bits per heavy atom. The summed E-state index contributed by atoms with van der Waals surface area (Å²) in [4.78, 5) is 15.4. The molecule has 3 aromatic rings. The Labute approximate surface area is 145 Å². The number of anilines is 1. The topological polar surface area (TPSA) is 108 Å². The van der Waals surface area contributed by atoms with Crippen LogP contribution in [0.5, 0.6) is 0 Å². The molecule has 0 spiro atoms. The molecule has 0 aliphatic heterocycles. The second-order valence-electron chi connectivity index (χ2n) is 6.15. The molecule has 1 amide bonds. The van der Waals surface area contributed by atoms with Gasteiger partial charge in [0.05, 0.1) is 5.69 Å². The van der Waals surface area contributed by atoms with Gasteiger partial charge in [-0.2, -0.15) is 0 Å². The van der Waals surface area contributed by atoms with E-state index in [9.17, 15) is 4.79 Å². The molecule has 2 aromatic heterocycles. The molecule has 6 heteroatoms. The summed E-state index contributed by atoms with van der Waals surface area (Å²) in [7, 11) is 0. The summed E-state index contributed by atoms with van der Waals surface area (Å²) in [6, 6.07) is 11.7. The number of nitrogens with zero attached hydrogens (tertiary/aromatic N) is 2. The number of hydrogen-bond donors (Lipinski definition) is 2. The normalized spacial score (nSPS) is 10.8. The predicted molar refractivity (Wildman–Crippen MR) is 95.2 cm³/mol. The quantitative estimate of drug-likeness (QED) is 0.744. The van der Waals surface area contributed by atoms with Crippen molar-refractivity contribution < 1.29 is 9.32 Å². The lowest BCUT2D eigenvalue weighted by Gasteiger charge is -2.11. The highest BCUT2D eigenvalue weighted by atomic mass is 16.5. The lowest BCUT2D eigenvalue weighted by atomic mass is 9.97. The van der Waals surface area contributed by atoms with Crippen LogP contribution in [0, 0.1) is 13.8 Å². The summed E-state index contributed by atoms with van der Waals surface area (Å²) in [6.45, 7) is 4.02. The van der Waals surface area contributed by atoms with E-state index in [1.165, 1.54) is 11.1 Å². The van der Waals surface area contributed by atoms with E-state index in [0.29, 0.717) is 17.9 Å². The fraction of sp³-hybridized carbons (Fsp3) is 0.211. The maximum absolute atomic E-state index is 11.1. The van der Waals surface area contributed by atoms with E-state index in [2.05, 4.69) is 22.3 Å². The minimum Gasteiger partial charge on any atom is -0.384 e. The number of aryl methyl sites for hydroxylation is 2. The first-order valence-corrected chi connectivity index (χ1v) is 7.98. The van der Waals surface area contributed by atoms with E-state index in [1.54, 1.807) is 6.07 Å². The van der Waals surface area contributed by atoms with Gasteiger partial charge in [0.25, 0.3) is 5.91 Å². The molecule has 0 aliphatic carbocycles. The van der Waals surface area contributed by atoms with Crippen LogP contribution in [0.25, 0.3) is 0 Å². The standard InChI is InChI=1S/C19H20N4O2/c1-11-6-18(20)22-12(2)16(11)9-14-5-3-4-13(7-14)8-15-10-17(19(21)24)25-23-15/h3-7,10H,8-9H2,1-2H3,(H2,20,22)(H2,21,24). The number of primary amides is 1. The Balaban J connectivity index is 1.81. The van der Waals surface area contributed by atoms with Crippen molar-refractivity contribution in [1.82, 2.24) is 10.1 Å². The lowest BCUT2D eigenvalue weighted by Crippen LogP contribution is -2.09. The molecule has 0 saturated heterocycles. The highest BCUT2D eigenvalue weighted by Gasteiger charge is 2.11. The van der Waals surface area contributed by atoms with Crippen LogP contribution < -0.4 is 11.5 Å². The van der Waals surface area contributed by atoms with Gasteiger partial charge in [-0.15, -0.1) is 0 Å². The van der Waals surface area contributed by atoms with Gasteiger partial charge in [-0.1, -0.05) is 29.4 Å². The number of rotatable bonds is 5. The Hall–Kier alpha value is -3.15. The third-order valence-electron chi connectivity index (χ3n) is 4.13. The Morgan fingerprint density at radius 1 is 1.12 bits per heavy atom. The van der Waals surface area contributed by atoms with Crippen molar-refractivity contribution in [3.05, 3.63) is 75.8 Å². The minimum atomic E-state index is -0.616. The van der Waals surface area contributed by atoms with E-state index < -0.39 is 5.91 Å². The molecule has 2 heterocycles. The molecular weight excluding hydrogens is 316 g/mol. The molecule has 0 saturated carbocycles. The number of amides is 1. The third-order valence-corrected chi connectivity index (χ3v) is 4.13. The highest BCUT2D eigenvalue weighted by Crippen LogP contribution is 2.20. The summed E-state index contributed by atoms with van der Waals surface area (Å²) < 4.78 is 4.92. The van der Waals surface area contributed by atoms with Crippen molar-refractivity contribution in [1.29, 1.82) is 0 Å². The summed E-state index contributed by atoms with van der Waals surface area (Å²) >= 11 is 0. The van der Waals surface area contributed by atoms with Crippen molar-refractivity contribution in [3.8, 4) is 0 Å². The number of benzene rings is 1. The first-order valence-electron chi connectivity index (χ1n) is 7.98. The zero-order chi connectivity index (χ0) is 18.0. The van der Waals surface area contributed by atoms with Crippen molar-refractivity contribution in [2.75, 3.05) is 5.73 Å². The summed E-state index contributed by atoms with van der Waals surface area (Å²) in [5, 5.41) is 3.88. The number of carbonyl (C=O) groups is 1. The highest BCUT2D eigenvalue weighted by molar-refractivity contribution is 5.89. The van der Waals surface area contributed by atoms with Gasteiger partial charge in [0.15, 0.2) is 0 Å². The number of nitrogens with two attached hydrogens (primary N) is 2. The van der Waals surface area contributed by atoms with Crippen molar-refractivity contribution in [3.63, 3.8) is 0 Å². The zero-order valence-electron chi connectivity index (χ0n) is 14.2. The fourth-order valence-corrected chi connectivity index (χ4v) is 2.93. The molecule has 0 fully saturated rings. The molecular formula is C19H20N4O2. The van der Waals surface area contributed by atoms with Gasteiger partial charge in [-0.05, 0) is 48.6 Å². The molecule has 0 unspecified atom stereocenters. The van der Waals surface area contributed by atoms with Gasteiger partial charge in [0, 0.05) is 18.2 Å². The van der Waals surface area contributed by atoms with Gasteiger partial charge in [0.1, 0.15) is 5.82 Å². The van der Waals surface area contributed by atoms with Crippen molar-refractivity contribution >= 4 is 11.7 Å². The smallest absolute Gasteiger partial charge is 0.287 e. The molecule has 128 valence electrons. The first kappa shape index (κ1) is 16.7. The van der Waals surface area contributed by atoms with Gasteiger partial charge >= 0.3 is 0 Å². The molecule has 0 radical (unpaired) electrons. The molecule has 1 aromatic carbocycles. The zero-order valence-corrected chi connectivity index (χ0v) is 14.2. The summed E-state index contributed by atoms with van der Waals surface area (Å²) in [5.41, 5.74) is 17.2. The van der Waals surface area contributed by atoms with E-state index in [0.717, 1.165) is 23.2 Å². The molecule has 6 nitrogen and oxygen atoms in total. The van der Waals surface area contributed by atoms with Crippen LogP contribution in [0.15, 0.2) is 40.9 Å². The lowest BCUT2D eigenvalue weighted by molar-refractivity contribution is 0.0965. The average Bonchev–Trinajstić information content (AvgIpc) is 3.00. The minimum absolute atomic E-state index is 0.0744. The first-order chi connectivity index (χ1) is 11.9. The summed E-state index contributed by atoms with van der Waals surface area (Å²) in [6.07, 6.45) is 1.35. The monoisotopic (exact) mass is 336 g/mol. The number of carbonyl (C=O) groups excluding carboxylic acids is 1. The number of hydrogen-bond acceptors (Lipinski definition) is 5. The van der Waals surface area contributed by atoms with Crippen LogP contribution in [0.4, 0.5) is 5.82 Å². The van der Waals surface area contributed by atoms with E-state index in [-0.39, 0.29) is 5.76 Å². The number of pyridine rings is 1. The maximum atomic E-state index is 11.1. The molecule has 3 rings (SSSR count). The van der Waals surface area contributed by atoms with Gasteiger partial charge in [-0.25, -0.2) is 4.98 Å². The average molecular weight is 336 g/mol. The number of aromatic nitrogens is 2. The molecule has 0 aliphatic rings. The van der Waals surface area contributed by atoms with Crippen LogP contribution in [-0.2, 0) is 12.8 Å². The number of nitrogen functional groups attached to an aromatic ring is 1. The Kier molecular flexibility index (Phi) is 4.52. The third kappa shape index (κ3) is 3.85. The molecule has 25 heavy (non-hydrogen) atoms. The van der Waals surface area contributed by atoms with Crippen LogP contribution in [0.3, 0.4) is 0 Å². The largest absolute Gasteiger partial charge is 0.384 e. The van der Waals surface area contributed by atoms with Gasteiger partial charge in [0.2, 0.25) is 5.76 Å². The van der Waals surface area contributed by atoms with Crippen molar-refractivity contribution in [2.45, 2.75) is 26.7 Å². The maximum Gasteiger partial charge on any atom is 0.287 e. The van der Waals surface area contributed by atoms with E-state index >= 15 is 0 Å². The second-order valence-corrected chi connectivity index (χ2v) is 6.15. The Bertz CT molecular complexity index is 908. The molecule has 0 bridgehead atoms. The Morgan fingerprint density at radius 2 is 1.84 bits per heavy atom. The van der Waals surface area contributed by atoms with Gasteiger partial charge in [-0.3, -0.25) is 4.79 Å². The van der Waals surface area contributed by atoms with Crippen LogP contribution in [0.1, 0.15) is 44.2 Å². The van der Waals surface area contributed by atoms with Crippen molar-refractivity contribution in [2.24, 2.45) is 5.73 Å². The van der Waals surface area contributed by atoms with Crippen LogP contribution in [-0.4, -0.2) is 16.0 Å². The van der Waals surface area contributed by atoms with E-state index in [4.69, 9.17) is 16.0 Å². The predicted octanol–water partition coefficient (Wildman–Crippen LogP) is 2.55.